The molecule has 1 amide bonds. The van der Waals surface area contributed by atoms with E-state index in [1.807, 2.05) is 19.1 Å². The van der Waals surface area contributed by atoms with Gasteiger partial charge in [-0.05, 0) is 25.5 Å². The van der Waals surface area contributed by atoms with Gasteiger partial charge in [0.1, 0.15) is 5.58 Å². The molecule has 1 aromatic carbocycles. The van der Waals surface area contributed by atoms with E-state index >= 15 is 0 Å². The van der Waals surface area contributed by atoms with Gasteiger partial charge in [-0.1, -0.05) is 31.4 Å². The van der Waals surface area contributed by atoms with Gasteiger partial charge < -0.3 is 9.73 Å². The predicted octanol–water partition coefficient (Wildman–Crippen LogP) is 3.59. The standard InChI is InChI=1S/C16H21NO2/c1-3-4-5-8-17-16(18)10-13-11-19-15-7-6-12(2)9-14(13)15/h6-7,9,11H,3-5,8,10H2,1-2H3,(H,17,18). The van der Waals surface area contributed by atoms with Crippen LogP contribution >= 0.6 is 0 Å². The second-order valence-electron chi connectivity index (χ2n) is 4.99. The fourth-order valence-corrected chi connectivity index (χ4v) is 2.17. The summed E-state index contributed by atoms with van der Waals surface area (Å²) in [6.45, 7) is 4.96. The lowest BCUT2D eigenvalue weighted by Crippen LogP contribution is -2.25. The quantitative estimate of drug-likeness (QED) is 0.805. The summed E-state index contributed by atoms with van der Waals surface area (Å²) in [6, 6.07) is 6.03. The number of hydrogen-bond acceptors (Lipinski definition) is 2. The summed E-state index contributed by atoms with van der Waals surface area (Å²) in [4.78, 5) is 11.8. The molecule has 3 nitrogen and oxygen atoms in total. The second kappa shape index (κ2) is 6.41. The Kier molecular flexibility index (Phi) is 4.61. The van der Waals surface area contributed by atoms with E-state index in [4.69, 9.17) is 4.42 Å². The smallest absolute Gasteiger partial charge is 0.224 e. The average molecular weight is 259 g/mol. The summed E-state index contributed by atoms with van der Waals surface area (Å²) in [6.07, 6.45) is 5.46. The molecule has 0 saturated carbocycles. The Bertz CT molecular complexity index is 557. The van der Waals surface area contributed by atoms with Gasteiger partial charge in [0, 0.05) is 17.5 Å². The number of fused-ring (bicyclic) bond motifs is 1. The van der Waals surface area contributed by atoms with Gasteiger partial charge in [-0.3, -0.25) is 4.79 Å². The molecule has 1 aromatic heterocycles. The van der Waals surface area contributed by atoms with Crippen LogP contribution in [0.25, 0.3) is 11.0 Å². The van der Waals surface area contributed by atoms with Crippen molar-refractivity contribution in [1.29, 1.82) is 0 Å². The van der Waals surface area contributed by atoms with Crippen LogP contribution in [0.5, 0.6) is 0 Å². The highest BCUT2D eigenvalue weighted by molar-refractivity contribution is 5.87. The van der Waals surface area contributed by atoms with Crippen molar-refractivity contribution in [3.63, 3.8) is 0 Å². The van der Waals surface area contributed by atoms with E-state index in [2.05, 4.69) is 18.3 Å². The van der Waals surface area contributed by atoms with Crippen LogP contribution in [0.1, 0.15) is 37.3 Å². The van der Waals surface area contributed by atoms with Crippen molar-refractivity contribution in [3.8, 4) is 0 Å². The highest BCUT2D eigenvalue weighted by atomic mass is 16.3. The van der Waals surface area contributed by atoms with Gasteiger partial charge in [0.25, 0.3) is 0 Å². The second-order valence-corrected chi connectivity index (χ2v) is 4.99. The number of carbonyl (C=O) groups is 1. The molecule has 1 N–H and O–H groups in total. The third-order valence-corrected chi connectivity index (χ3v) is 3.26. The maximum Gasteiger partial charge on any atom is 0.224 e. The van der Waals surface area contributed by atoms with Crippen molar-refractivity contribution < 1.29 is 9.21 Å². The molecule has 0 radical (unpaired) electrons. The minimum atomic E-state index is 0.0697. The number of aryl methyl sites for hydroxylation is 1. The predicted molar refractivity (Wildman–Crippen MR) is 77.2 cm³/mol. The largest absolute Gasteiger partial charge is 0.464 e. The van der Waals surface area contributed by atoms with Crippen LogP contribution in [0.15, 0.2) is 28.9 Å². The van der Waals surface area contributed by atoms with Gasteiger partial charge in [0.05, 0.1) is 12.7 Å². The van der Waals surface area contributed by atoms with Gasteiger partial charge in [0.2, 0.25) is 5.91 Å². The maximum absolute atomic E-state index is 11.8. The third kappa shape index (κ3) is 3.60. The Morgan fingerprint density at radius 2 is 2.16 bits per heavy atom. The van der Waals surface area contributed by atoms with E-state index in [0.717, 1.165) is 35.9 Å². The van der Waals surface area contributed by atoms with Crippen LogP contribution in [-0.2, 0) is 11.2 Å². The van der Waals surface area contributed by atoms with Crippen molar-refractivity contribution in [1.82, 2.24) is 5.32 Å². The van der Waals surface area contributed by atoms with E-state index in [0.29, 0.717) is 6.42 Å². The summed E-state index contributed by atoms with van der Waals surface area (Å²) in [5.41, 5.74) is 2.99. The van der Waals surface area contributed by atoms with E-state index < -0.39 is 0 Å². The molecule has 0 spiro atoms. The molecule has 2 rings (SSSR count). The summed E-state index contributed by atoms with van der Waals surface area (Å²) in [5.74, 6) is 0.0697. The fraction of sp³-hybridized carbons (Fsp3) is 0.438. The molecule has 1 heterocycles. The van der Waals surface area contributed by atoms with Gasteiger partial charge in [0.15, 0.2) is 0 Å². The van der Waals surface area contributed by atoms with Crippen molar-refractivity contribution in [2.24, 2.45) is 0 Å². The number of amides is 1. The number of rotatable bonds is 6. The molecule has 0 aliphatic heterocycles. The SMILES string of the molecule is CCCCCNC(=O)Cc1coc2ccc(C)cc12. The molecule has 0 aliphatic rings. The van der Waals surface area contributed by atoms with Gasteiger partial charge in [-0.25, -0.2) is 0 Å². The minimum Gasteiger partial charge on any atom is -0.464 e. The van der Waals surface area contributed by atoms with Crippen molar-refractivity contribution in [3.05, 3.63) is 35.6 Å². The molecule has 102 valence electrons. The van der Waals surface area contributed by atoms with Gasteiger partial charge >= 0.3 is 0 Å². The molecular weight excluding hydrogens is 238 g/mol. The first kappa shape index (κ1) is 13.7. The Hall–Kier alpha value is -1.77. The molecule has 0 saturated heterocycles. The number of furan rings is 1. The van der Waals surface area contributed by atoms with E-state index in [1.165, 1.54) is 12.0 Å². The molecular formula is C16H21NO2. The Labute approximate surface area is 114 Å². The lowest BCUT2D eigenvalue weighted by atomic mass is 10.1. The molecule has 0 unspecified atom stereocenters. The monoisotopic (exact) mass is 259 g/mol. The first-order valence-electron chi connectivity index (χ1n) is 6.94. The Morgan fingerprint density at radius 3 is 2.95 bits per heavy atom. The topological polar surface area (TPSA) is 42.2 Å². The first-order chi connectivity index (χ1) is 9.20. The van der Waals surface area contributed by atoms with E-state index in [1.54, 1.807) is 6.26 Å². The zero-order valence-electron chi connectivity index (χ0n) is 11.7. The molecule has 2 aromatic rings. The van der Waals surface area contributed by atoms with Crippen molar-refractivity contribution in [2.75, 3.05) is 6.54 Å². The maximum atomic E-state index is 11.8. The van der Waals surface area contributed by atoms with Crippen molar-refractivity contribution >= 4 is 16.9 Å². The zero-order chi connectivity index (χ0) is 13.7. The Balaban J connectivity index is 1.97. The van der Waals surface area contributed by atoms with Crippen LogP contribution in [-0.4, -0.2) is 12.5 Å². The van der Waals surface area contributed by atoms with Crippen LogP contribution in [0.2, 0.25) is 0 Å². The number of nitrogens with one attached hydrogen (secondary N) is 1. The molecule has 0 aliphatic carbocycles. The van der Waals surface area contributed by atoms with Crippen LogP contribution in [0.3, 0.4) is 0 Å². The highest BCUT2D eigenvalue weighted by Gasteiger charge is 2.10. The van der Waals surface area contributed by atoms with Gasteiger partial charge in [-0.15, -0.1) is 0 Å². The number of carbonyl (C=O) groups excluding carboxylic acids is 1. The molecule has 19 heavy (non-hydrogen) atoms. The van der Waals surface area contributed by atoms with Gasteiger partial charge in [-0.2, -0.15) is 0 Å². The average Bonchev–Trinajstić information content (AvgIpc) is 2.77. The van der Waals surface area contributed by atoms with Crippen LogP contribution in [0, 0.1) is 6.92 Å². The lowest BCUT2D eigenvalue weighted by Gasteiger charge is -2.03. The van der Waals surface area contributed by atoms with E-state index in [-0.39, 0.29) is 5.91 Å². The number of unbranched alkanes of at least 4 members (excludes halogenated alkanes) is 2. The molecule has 0 atom stereocenters. The van der Waals surface area contributed by atoms with Crippen LogP contribution in [0.4, 0.5) is 0 Å². The van der Waals surface area contributed by atoms with Crippen LogP contribution < -0.4 is 5.32 Å². The summed E-state index contributed by atoms with van der Waals surface area (Å²) in [5, 5.41) is 4.00. The van der Waals surface area contributed by atoms with Crippen molar-refractivity contribution in [2.45, 2.75) is 39.5 Å². The summed E-state index contributed by atoms with van der Waals surface area (Å²) >= 11 is 0. The summed E-state index contributed by atoms with van der Waals surface area (Å²) in [7, 11) is 0. The molecule has 0 fully saturated rings. The molecule has 0 bridgehead atoms. The number of hydrogen-bond donors (Lipinski definition) is 1. The summed E-state index contributed by atoms with van der Waals surface area (Å²) < 4.78 is 5.47. The fourth-order valence-electron chi connectivity index (χ4n) is 2.17. The number of benzene rings is 1. The normalized spacial score (nSPS) is 10.8. The molecule has 3 heteroatoms. The highest BCUT2D eigenvalue weighted by Crippen LogP contribution is 2.22. The zero-order valence-corrected chi connectivity index (χ0v) is 11.7. The minimum absolute atomic E-state index is 0.0697. The van der Waals surface area contributed by atoms with E-state index in [9.17, 15) is 4.79 Å². The Morgan fingerprint density at radius 1 is 1.32 bits per heavy atom. The lowest BCUT2D eigenvalue weighted by molar-refractivity contribution is -0.120. The third-order valence-electron chi connectivity index (χ3n) is 3.26. The first-order valence-corrected chi connectivity index (χ1v) is 6.94.